The fourth-order valence-electron chi connectivity index (χ4n) is 2.76. The third-order valence-electron chi connectivity index (χ3n) is 3.53. The molecule has 1 saturated heterocycles. The monoisotopic (exact) mass is 222 g/mol. The molecule has 0 aromatic carbocycles. The third kappa shape index (κ3) is 1.70. The van der Waals surface area contributed by atoms with Gasteiger partial charge in [-0.05, 0) is 12.8 Å². The molecule has 0 amide bonds. The van der Waals surface area contributed by atoms with Crippen molar-refractivity contribution in [1.82, 2.24) is 15.2 Å². The zero-order valence-electron chi connectivity index (χ0n) is 9.41. The van der Waals surface area contributed by atoms with E-state index in [2.05, 4.69) is 15.2 Å². The molecule has 16 heavy (non-hydrogen) atoms. The first-order valence-corrected chi connectivity index (χ1v) is 6.04. The van der Waals surface area contributed by atoms with Crippen LogP contribution in [0.1, 0.15) is 30.3 Å². The van der Waals surface area contributed by atoms with Gasteiger partial charge in [-0.25, -0.2) is 0 Å². The highest BCUT2D eigenvalue weighted by molar-refractivity contribution is 5.25. The Hall–Kier alpha value is -1.07. The first kappa shape index (κ1) is 10.1. The van der Waals surface area contributed by atoms with Crippen LogP contribution in [0.3, 0.4) is 0 Å². The van der Waals surface area contributed by atoms with Gasteiger partial charge in [-0.2, -0.15) is 4.98 Å². The molecule has 0 saturated carbocycles. The molecule has 0 spiro atoms. The van der Waals surface area contributed by atoms with E-state index >= 15 is 0 Å². The maximum atomic E-state index is 5.64. The van der Waals surface area contributed by atoms with E-state index in [4.69, 9.17) is 10.2 Å². The van der Waals surface area contributed by atoms with E-state index in [-0.39, 0.29) is 0 Å². The molecule has 1 unspecified atom stereocenters. The number of piperazine rings is 1. The van der Waals surface area contributed by atoms with Crippen LogP contribution in [0.25, 0.3) is 0 Å². The molecule has 1 aliphatic carbocycles. The van der Waals surface area contributed by atoms with E-state index in [1.165, 1.54) is 12.8 Å². The van der Waals surface area contributed by atoms with Crippen molar-refractivity contribution in [2.45, 2.75) is 25.3 Å². The average molecular weight is 222 g/mol. The van der Waals surface area contributed by atoms with E-state index < -0.39 is 0 Å². The number of rotatable bonds is 1. The van der Waals surface area contributed by atoms with Gasteiger partial charge in [0.25, 0.3) is 6.01 Å². The largest absolute Gasteiger partial charge is 0.429 e. The molecule has 5 heteroatoms. The van der Waals surface area contributed by atoms with Crippen molar-refractivity contribution < 1.29 is 4.42 Å². The predicted molar refractivity (Wildman–Crippen MR) is 61.0 cm³/mol. The summed E-state index contributed by atoms with van der Waals surface area (Å²) in [6, 6.07) is 0.749. The van der Waals surface area contributed by atoms with Crippen LogP contribution in [0.2, 0.25) is 0 Å². The highest BCUT2D eigenvalue weighted by Gasteiger charge is 2.30. The lowest BCUT2D eigenvalue weighted by molar-refractivity contribution is 0.152. The summed E-state index contributed by atoms with van der Waals surface area (Å²) in [6.07, 6.45) is 3.34. The van der Waals surface area contributed by atoms with Gasteiger partial charge in [0.1, 0.15) is 11.5 Å². The van der Waals surface area contributed by atoms with Gasteiger partial charge in [0, 0.05) is 32.6 Å². The summed E-state index contributed by atoms with van der Waals surface area (Å²) in [5, 5.41) is 3.37. The number of aromatic nitrogens is 1. The number of aryl methyl sites for hydroxylation is 1. The summed E-state index contributed by atoms with van der Waals surface area (Å²) in [5.41, 5.74) is 6.73. The summed E-state index contributed by atoms with van der Waals surface area (Å²) in [7, 11) is 0. The van der Waals surface area contributed by atoms with Crippen LogP contribution in [0.5, 0.6) is 0 Å². The molecule has 1 atom stereocenters. The molecule has 3 rings (SSSR count). The molecule has 2 aliphatic rings. The lowest BCUT2D eigenvalue weighted by Crippen LogP contribution is -2.45. The van der Waals surface area contributed by atoms with Gasteiger partial charge in [0.15, 0.2) is 0 Å². The van der Waals surface area contributed by atoms with Crippen molar-refractivity contribution >= 4 is 6.01 Å². The second-order valence-electron chi connectivity index (χ2n) is 4.55. The van der Waals surface area contributed by atoms with Crippen LogP contribution >= 0.6 is 0 Å². The zero-order chi connectivity index (χ0) is 11.0. The van der Waals surface area contributed by atoms with Crippen molar-refractivity contribution in [3.05, 3.63) is 11.5 Å². The van der Waals surface area contributed by atoms with Crippen LogP contribution in [-0.4, -0.2) is 36.1 Å². The van der Waals surface area contributed by atoms with Crippen molar-refractivity contribution in [2.24, 2.45) is 0 Å². The Kier molecular flexibility index (Phi) is 2.57. The standard InChI is InChI=1S/C11H18N4O/c12-11-14-10-8(2-1-3-9(10)16-11)15-6-4-13-5-7-15/h8,13H,1-7H2,(H2,12,14). The number of nitrogens with zero attached hydrogens (tertiary/aromatic N) is 2. The van der Waals surface area contributed by atoms with Gasteiger partial charge in [-0.3, -0.25) is 4.90 Å². The Morgan fingerprint density at radius 2 is 2.19 bits per heavy atom. The van der Waals surface area contributed by atoms with E-state index in [0.717, 1.165) is 44.1 Å². The van der Waals surface area contributed by atoms with Gasteiger partial charge in [-0.15, -0.1) is 0 Å². The van der Waals surface area contributed by atoms with Crippen molar-refractivity contribution in [3.63, 3.8) is 0 Å². The molecule has 1 fully saturated rings. The maximum Gasteiger partial charge on any atom is 0.292 e. The first-order valence-electron chi connectivity index (χ1n) is 6.04. The quantitative estimate of drug-likeness (QED) is 0.726. The normalized spacial score (nSPS) is 26.6. The SMILES string of the molecule is Nc1nc2c(o1)CCCC2N1CCNCC1. The Labute approximate surface area is 95.0 Å². The second-order valence-corrected chi connectivity index (χ2v) is 4.55. The highest BCUT2D eigenvalue weighted by Crippen LogP contribution is 2.34. The molecular weight excluding hydrogens is 204 g/mol. The summed E-state index contributed by atoms with van der Waals surface area (Å²) < 4.78 is 5.45. The van der Waals surface area contributed by atoms with Crippen LogP contribution in [0.15, 0.2) is 4.42 Å². The van der Waals surface area contributed by atoms with Gasteiger partial charge in [0.05, 0.1) is 6.04 Å². The first-order chi connectivity index (χ1) is 7.84. The van der Waals surface area contributed by atoms with Gasteiger partial charge >= 0.3 is 0 Å². The van der Waals surface area contributed by atoms with Crippen LogP contribution < -0.4 is 11.1 Å². The van der Waals surface area contributed by atoms with Gasteiger partial charge in [0.2, 0.25) is 0 Å². The molecule has 0 radical (unpaired) electrons. The number of nitrogens with one attached hydrogen (secondary N) is 1. The van der Waals surface area contributed by atoms with Crippen LogP contribution in [0.4, 0.5) is 6.01 Å². The fraction of sp³-hybridized carbons (Fsp3) is 0.727. The summed E-state index contributed by atoms with van der Waals surface area (Å²) in [4.78, 5) is 6.85. The summed E-state index contributed by atoms with van der Waals surface area (Å²) >= 11 is 0. The average Bonchev–Trinajstić information content (AvgIpc) is 2.70. The third-order valence-corrected chi connectivity index (χ3v) is 3.53. The summed E-state index contributed by atoms with van der Waals surface area (Å²) in [5.74, 6) is 1.01. The minimum Gasteiger partial charge on any atom is -0.429 e. The van der Waals surface area contributed by atoms with Crippen LogP contribution in [0, 0.1) is 0 Å². The Balaban J connectivity index is 1.85. The number of nitrogen functional groups attached to an aromatic ring is 1. The molecule has 2 heterocycles. The molecule has 3 N–H and O–H groups in total. The number of oxazole rings is 1. The van der Waals surface area contributed by atoms with Gasteiger partial charge in [-0.1, -0.05) is 0 Å². The highest BCUT2D eigenvalue weighted by atomic mass is 16.4. The van der Waals surface area contributed by atoms with Crippen molar-refractivity contribution in [3.8, 4) is 0 Å². The van der Waals surface area contributed by atoms with E-state index in [0.29, 0.717) is 12.1 Å². The van der Waals surface area contributed by atoms with Crippen molar-refractivity contribution in [2.75, 3.05) is 31.9 Å². The number of fused-ring (bicyclic) bond motifs is 1. The molecule has 1 aromatic rings. The maximum absolute atomic E-state index is 5.64. The molecule has 1 aliphatic heterocycles. The Morgan fingerprint density at radius 1 is 1.38 bits per heavy atom. The number of hydrogen-bond acceptors (Lipinski definition) is 5. The van der Waals surface area contributed by atoms with E-state index in [1.54, 1.807) is 0 Å². The van der Waals surface area contributed by atoms with Crippen LogP contribution in [-0.2, 0) is 6.42 Å². The Bertz CT molecular complexity index is 370. The number of anilines is 1. The van der Waals surface area contributed by atoms with Gasteiger partial charge < -0.3 is 15.5 Å². The Morgan fingerprint density at radius 3 is 3.00 bits per heavy atom. The van der Waals surface area contributed by atoms with E-state index in [9.17, 15) is 0 Å². The molecule has 88 valence electrons. The second kappa shape index (κ2) is 4.07. The number of nitrogens with two attached hydrogens (primary N) is 1. The lowest BCUT2D eigenvalue weighted by atomic mass is 9.95. The molecule has 0 bridgehead atoms. The summed E-state index contributed by atoms with van der Waals surface area (Å²) in [6.45, 7) is 4.33. The fourth-order valence-corrected chi connectivity index (χ4v) is 2.76. The number of hydrogen-bond donors (Lipinski definition) is 2. The lowest BCUT2D eigenvalue weighted by Gasteiger charge is -2.35. The zero-order valence-corrected chi connectivity index (χ0v) is 9.41. The molecular formula is C11H18N4O. The smallest absolute Gasteiger partial charge is 0.292 e. The van der Waals surface area contributed by atoms with E-state index in [1.807, 2.05) is 0 Å². The minimum absolute atomic E-state index is 0.326. The predicted octanol–water partition coefficient (Wildman–Crippen LogP) is 0.539. The van der Waals surface area contributed by atoms with Crippen molar-refractivity contribution in [1.29, 1.82) is 0 Å². The molecule has 5 nitrogen and oxygen atoms in total. The molecule has 1 aromatic heterocycles. The topological polar surface area (TPSA) is 67.3 Å². The minimum atomic E-state index is 0.326.